The number of hydrogen-bond donors (Lipinski definition) is 1. The lowest BCUT2D eigenvalue weighted by molar-refractivity contribution is -0.00000360. The summed E-state index contributed by atoms with van der Waals surface area (Å²) in [4.78, 5) is 0. The lowest BCUT2D eigenvalue weighted by atomic mass is 9.66. The number of fused-ring (bicyclic) bond motifs is 2. The number of benzene rings is 1. The lowest BCUT2D eigenvalue weighted by Crippen LogP contribution is -3.00. The van der Waals surface area contributed by atoms with Crippen LogP contribution in [0.15, 0.2) is 36.9 Å². The first-order valence-corrected chi connectivity index (χ1v) is 6.27. The SMILES string of the molecule is C=CCC1NC2CC(C)C1c1ccccc12.[Cl-]. The molecule has 1 saturated heterocycles. The first-order valence-electron chi connectivity index (χ1n) is 6.27. The van der Waals surface area contributed by atoms with Crippen LogP contribution in [0, 0.1) is 5.92 Å². The van der Waals surface area contributed by atoms with Crippen LogP contribution in [0.1, 0.15) is 42.9 Å². The molecule has 0 spiro atoms. The van der Waals surface area contributed by atoms with Gasteiger partial charge in [0.25, 0.3) is 0 Å². The Kier molecular flexibility index (Phi) is 3.60. The van der Waals surface area contributed by atoms with Gasteiger partial charge in [0.15, 0.2) is 0 Å². The molecule has 1 fully saturated rings. The molecule has 1 aromatic rings. The maximum Gasteiger partial charge on any atom is 0.0328 e. The number of piperidine rings is 1. The molecule has 4 unspecified atom stereocenters. The van der Waals surface area contributed by atoms with E-state index in [-0.39, 0.29) is 12.4 Å². The van der Waals surface area contributed by atoms with E-state index in [0.717, 1.165) is 12.3 Å². The van der Waals surface area contributed by atoms with Crippen molar-refractivity contribution in [2.45, 2.75) is 37.8 Å². The molecule has 1 N–H and O–H groups in total. The van der Waals surface area contributed by atoms with E-state index in [1.165, 1.54) is 12.0 Å². The molecule has 2 aliphatic heterocycles. The molecular weight excluding hydrogens is 230 g/mol. The largest absolute Gasteiger partial charge is 1.00 e. The Bertz CT molecular complexity index is 415. The second-order valence-electron chi connectivity index (χ2n) is 5.22. The molecule has 4 rings (SSSR count). The topological polar surface area (TPSA) is 12.0 Å². The fourth-order valence-electron chi connectivity index (χ4n) is 3.61. The summed E-state index contributed by atoms with van der Waals surface area (Å²) in [5, 5.41) is 3.77. The van der Waals surface area contributed by atoms with Crippen LogP contribution in [0.25, 0.3) is 0 Å². The van der Waals surface area contributed by atoms with Crippen LogP contribution in [-0.4, -0.2) is 6.04 Å². The molecule has 4 atom stereocenters. The molecular formula is C15H19ClN-. The Balaban J connectivity index is 0.00000108. The smallest absolute Gasteiger partial charge is 0.0328 e. The minimum atomic E-state index is 0. The van der Waals surface area contributed by atoms with Gasteiger partial charge in [0.2, 0.25) is 0 Å². The molecule has 0 amide bonds. The van der Waals surface area contributed by atoms with Gasteiger partial charge in [-0.15, -0.1) is 6.58 Å². The predicted octanol–water partition coefficient (Wildman–Crippen LogP) is 0.403. The summed E-state index contributed by atoms with van der Waals surface area (Å²) in [7, 11) is 0. The zero-order valence-electron chi connectivity index (χ0n) is 10.2. The molecule has 0 aromatic heterocycles. The standard InChI is InChI=1S/C15H19N.ClH/c1-3-6-13-15-10(2)9-14(16-13)11-7-4-5-8-12(11)15;/h3-5,7-8,10,13-16H,1,6,9H2,2H3;1H/p-1. The van der Waals surface area contributed by atoms with Gasteiger partial charge in [0.1, 0.15) is 0 Å². The average molecular weight is 249 g/mol. The number of hydrogen-bond acceptors (Lipinski definition) is 1. The summed E-state index contributed by atoms with van der Waals surface area (Å²) in [6, 6.07) is 10.1. The number of rotatable bonds is 2. The molecule has 0 saturated carbocycles. The number of nitrogens with one attached hydrogen (secondary N) is 1. The zero-order chi connectivity index (χ0) is 11.1. The van der Waals surface area contributed by atoms with Gasteiger partial charge in [-0.1, -0.05) is 37.3 Å². The fraction of sp³-hybridized carbons (Fsp3) is 0.467. The van der Waals surface area contributed by atoms with Gasteiger partial charge in [0.05, 0.1) is 0 Å². The molecule has 1 nitrogen and oxygen atoms in total. The predicted molar refractivity (Wildman–Crippen MR) is 67.4 cm³/mol. The highest BCUT2D eigenvalue weighted by Crippen LogP contribution is 2.48. The molecule has 3 aliphatic rings. The summed E-state index contributed by atoms with van der Waals surface area (Å²) in [5.41, 5.74) is 3.11. The molecule has 2 heterocycles. The highest BCUT2D eigenvalue weighted by atomic mass is 35.5. The van der Waals surface area contributed by atoms with Gasteiger partial charge in [-0.3, -0.25) is 0 Å². The Morgan fingerprint density at radius 3 is 2.76 bits per heavy atom. The van der Waals surface area contributed by atoms with Crippen LogP contribution >= 0.6 is 0 Å². The van der Waals surface area contributed by atoms with Gasteiger partial charge in [-0.2, -0.15) is 0 Å². The molecule has 0 radical (unpaired) electrons. The highest BCUT2D eigenvalue weighted by Gasteiger charge is 2.42. The normalized spacial score (nSPS) is 33.7. The maximum absolute atomic E-state index is 3.88. The maximum atomic E-state index is 3.88. The van der Waals surface area contributed by atoms with Crippen LogP contribution in [-0.2, 0) is 0 Å². The van der Waals surface area contributed by atoms with Gasteiger partial charge in [0, 0.05) is 18.0 Å². The van der Waals surface area contributed by atoms with Gasteiger partial charge < -0.3 is 17.7 Å². The van der Waals surface area contributed by atoms with Gasteiger partial charge in [-0.25, -0.2) is 0 Å². The van der Waals surface area contributed by atoms with Crippen LogP contribution in [0.2, 0.25) is 0 Å². The van der Waals surface area contributed by atoms with E-state index in [9.17, 15) is 0 Å². The quantitative estimate of drug-likeness (QED) is 0.748. The summed E-state index contributed by atoms with van der Waals surface area (Å²) in [6.07, 6.45) is 4.42. The fourth-order valence-corrected chi connectivity index (χ4v) is 3.61. The first-order chi connectivity index (χ1) is 7.81. The van der Waals surface area contributed by atoms with E-state index >= 15 is 0 Å². The average Bonchev–Trinajstić information content (AvgIpc) is 2.29. The highest BCUT2D eigenvalue weighted by molar-refractivity contribution is 5.40. The van der Waals surface area contributed by atoms with Crippen molar-refractivity contribution in [1.82, 2.24) is 5.32 Å². The minimum Gasteiger partial charge on any atom is -1.00 e. The minimum absolute atomic E-state index is 0. The molecule has 2 heteroatoms. The van der Waals surface area contributed by atoms with E-state index in [1.807, 2.05) is 6.08 Å². The summed E-state index contributed by atoms with van der Waals surface area (Å²) in [6.45, 7) is 6.27. The van der Waals surface area contributed by atoms with E-state index < -0.39 is 0 Å². The lowest BCUT2D eigenvalue weighted by Gasteiger charge is -2.48. The Hall–Kier alpha value is -0.790. The third-order valence-electron chi connectivity index (χ3n) is 4.22. The van der Waals surface area contributed by atoms with Crippen molar-refractivity contribution in [2.24, 2.45) is 5.92 Å². The van der Waals surface area contributed by atoms with E-state index in [4.69, 9.17) is 0 Å². The monoisotopic (exact) mass is 248 g/mol. The van der Waals surface area contributed by atoms with Crippen LogP contribution in [0.3, 0.4) is 0 Å². The Labute approximate surface area is 110 Å². The van der Waals surface area contributed by atoms with Crippen LogP contribution < -0.4 is 17.7 Å². The zero-order valence-corrected chi connectivity index (χ0v) is 11.0. The number of halogens is 1. The van der Waals surface area contributed by atoms with Gasteiger partial charge in [-0.05, 0) is 29.9 Å². The second-order valence-corrected chi connectivity index (χ2v) is 5.22. The first kappa shape index (κ1) is 12.7. The van der Waals surface area contributed by atoms with Crippen molar-refractivity contribution >= 4 is 0 Å². The third kappa shape index (κ3) is 1.92. The molecule has 92 valence electrons. The third-order valence-corrected chi connectivity index (χ3v) is 4.22. The van der Waals surface area contributed by atoms with Crippen molar-refractivity contribution in [2.75, 3.05) is 0 Å². The molecule has 2 bridgehead atoms. The van der Waals surface area contributed by atoms with Crippen molar-refractivity contribution < 1.29 is 12.4 Å². The molecule has 17 heavy (non-hydrogen) atoms. The summed E-state index contributed by atoms with van der Waals surface area (Å²) in [5.74, 6) is 1.48. The van der Waals surface area contributed by atoms with Crippen molar-refractivity contribution in [1.29, 1.82) is 0 Å². The van der Waals surface area contributed by atoms with E-state index in [0.29, 0.717) is 18.0 Å². The van der Waals surface area contributed by atoms with Crippen molar-refractivity contribution in [3.63, 3.8) is 0 Å². The summed E-state index contributed by atoms with van der Waals surface area (Å²) < 4.78 is 0. The molecule has 1 aromatic carbocycles. The van der Waals surface area contributed by atoms with E-state index in [2.05, 4.69) is 43.1 Å². The Morgan fingerprint density at radius 1 is 1.35 bits per heavy atom. The van der Waals surface area contributed by atoms with Crippen LogP contribution in [0.4, 0.5) is 0 Å². The van der Waals surface area contributed by atoms with Crippen molar-refractivity contribution in [3.05, 3.63) is 48.0 Å². The Morgan fingerprint density at radius 2 is 2.06 bits per heavy atom. The summed E-state index contributed by atoms with van der Waals surface area (Å²) >= 11 is 0. The van der Waals surface area contributed by atoms with Crippen LogP contribution in [0.5, 0.6) is 0 Å². The van der Waals surface area contributed by atoms with Crippen molar-refractivity contribution in [3.8, 4) is 0 Å². The van der Waals surface area contributed by atoms with E-state index in [1.54, 1.807) is 5.56 Å². The van der Waals surface area contributed by atoms with Gasteiger partial charge >= 0.3 is 0 Å². The second kappa shape index (κ2) is 4.83. The molecule has 1 aliphatic carbocycles.